The average molecular weight is 276 g/mol. The third-order valence-electron chi connectivity index (χ3n) is 4.17. The van der Waals surface area contributed by atoms with Gasteiger partial charge >= 0.3 is 0 Å². The first-order chi connectivity index (χ1) is 8.55. The smallest absolute Gasteiger partial charge is 0.212 e. The molecule has 1 saturated carbocycles. The highest BCUT2D eigenvalue weighted by Crippen LogP contribution is 2.34. The van der Waals surface area contributed by atoms with Crippen molar-refractivity contribution in [1.29, 1.82) is 0 Å². The van der Waals surface area contributed by atoms with Gasteiger partial charge in [-0.3, -0.25) is 0 Å². The number of piperidine rings is 1. The van der Waals surface area contributed by atoms with E-state index < -0.39 is 10.0 Å². The van der Waals surface area contributed by atoms with E-state index in [1.807, 2.05) is 0 Å². The zero-order valence-corrected chi connectivity index (χ0v) is 11.9. The van der Waals surface area contributed by atoms with E-state index >= 15 is 0 Å². The molecule has 2 aliphatic rings. The Morgan fingerprint density at radius 1 is 1.39 bits per heavy atom. The van der Waals surface area contributed by atoms with Crippen LogP contribution < -0.4 is 10.0 Å². The van der Waals surface area contributed by atoms with Gasteiger partial charge in [0, 0.05) is 13.7 Å². The number of nitrogens with one attached hydrogen (secondary N) is 2. The lowest BCUT2D eigenvalue weighted by atomic mass is 9.80. The molecule has 18 heavy (non-hydrogen) atoms. The van der Waals surface area contributed by atoms with Gasteiger partial charge < -0.3 is 10.1 Å². The van der Waals surface area contributed by atoms with E-state index in [2.05, 4.69) is 10.0 Å². The van der Waals surface area contributed by atoms with E-state index in [1.54, 1.807) is 7.11 Å². The lowest BCUT2D eigenvalue weighted by molar-refractivity contribution is -0.0659. The van der Waals surface area contributed by atoms with Crippen molar-refractivity contribution in [3.8, 4) is 0 Å². The van der Waals surface area contributed by atoms with Crippen LogP contribution >= 0.6 is 0 Å². The van der Waals surface area contributed by atoms with Gasteiger partial charge in [0.2, 0.25) is 10.0 Å². The number of ether oxygens (including phenoxy) is 1. The predicted molar refractivity (Wildman–Crippen MR) is 71.0 cm³/mol. The molecule has 1 heterocycles. The average Bonchev–Trinajstić information content (AvgIpc) is 2.29. The summed E-state index contributed by atoms with van der Waals surface area (Å²) in [6.45, 7) is 2.25. The highest BCUT2D eigenvalue weighted by atomic mass is 32.2. The number of hydrogen-bond donors (Lipinski definition) is 2. The molecule has 0 bridgehead atoms. The van der Waals surface area contributed by atoms with Crippen molar-refractivity contribution in [3.63, 3.8) is 0 Å². The molecular formula is C12H24N2O3S. The van der Waals surface area contributed by atoms with E-state index in [1.165, 1.54) is 0 Å². The number of rotatable bonds is 6. The summed E-state index contributed by atoms with van der Waals surface area (Å²) in [6.07, 6.45) is 5.11. The number of hydrogen-bond acceptors (Lipinski definition) is 4. The van der Waals surface area contributed by atoms with E-state index in [0.717, 1.165) is 45.2 Å². The Morgan fingerprint density at radius 3 is 2.67 bits per heavy atom. The lowest BCUT2D eigenvalue weighted by Crippen LogP contribution is -2.50. The summed E-state index contributed by atoms with van der Waals surface area (Å²) in [7, 11) is -1.51. The van der Waals surface area contributed by atoms with Gasteiger partial charge in [0.25, 0.3) is 0 Å². The summed E-state index contributed by atoms with van der Waals surface area (Å²) in [4.78, 5) is 0. The van der Waals surface area contributed by atoms with Crippen molar-refractivity contribution in [3.05, 3.63) is 0 Å². The van der Waals surface area contributed by atoms with Gasteiger partial charge in [-0.05, 0) is 51.1 Å². The van der Waals surface area contributed by atoms with Crippen LogP contribution in [0.25, 0.3) is 0 Å². The zero-order chi connectivity index (χ0) is 13.1. The maximum absolute atomic E-state index is 12.0. The second-order valence-electron chi connectivity index (χ2n) is 5.56. The first-order valence-electron chi connectivity index (χ1n) is 6.78. The Hall–Kier alpha value is -0.170. The van der Waals surface area contributed by atoms with Gasteiger partial charge in [-0.2, -0.15) is 0 Å². The molecule has 0 aromatic heterocycles. The van der Waals surface area contributed by atoms with Crippen molar-refractivity contribution < 1.29 is 13.2 Å². The summed E-state index contributed by atoms with van der Waals surface area (Å²) >= 11 is 0. The Bertz CT molecular complexity index is 354. The van der Waals surface area contributed by atoms with Crippen molar-refractivity contribution in [2.75, 3.05) is 32.5 Å². The monoisotopic (exact) mass is 276 g/mol. The fraction of sp³-hybridized carbons (Fsp3) is 1.00. The molecule has 106 valence electrons. The van der Waals surface area contributed by atoms with Gasteiger partial charge in [0.15, 0.2) is 0 Å². The minimum absolute atomic E-state index is 0.236. The Kier molecular flexibility index (Phi) is 4.64. The Labute approximate surface area is 110 Å². The van der Waals surface area contributed by atoms with Crippen molar-refractivity contribution in [1.82, 2.24) is 10.0 Å². The van der Waals surface area contributed by atoms with Crippen LogP contribution in [0.1, 0.15) is 32.1 Å². The highest BCUT2D eigenvalue weighted by molar-refractivity contribution is 7.89. The first kappa shape index (κ1) is 14.2. The van der Waals surface area contributed by atoms with Gasteiger partial charge in [0.1, 0.15) is 0 Å². The summed E-state index contributed by atoms with van der Waals surface area (Å²) in [5.41, 5.74) is -0.238. The van der Waals surface area contributed by atoms with Gasteiger partial charge in [-0.1, -0.05) is 0 Å². The molecule has 2 fully saturated rings. The van der Waals surface area contributed by atoms with E-state index in [9.17, 15) is 8.42 Å². The Morgan fingerprint density at radius 2 is 2.17 bits per heavy atom. The maximum Gasteiger partial charge on any atom is 0.212 e. The third-order valence-corrected chi connectivity index (χ3v) is 5.66. The summed E-state index contributed by atoms with van der Waals surface area (Å²) in [6, 6.07) is 0. The molecule has 1 aliphatic heterocycles. The standard InChI is InChI=1S/C12H24N2O3S/c1-17-12(5-3-6-12)10-14-18(15,16)9-11-4-2-7-13-8-11/h11,13-14H,2-10H2,1H3. The molecule has 1 atom stereocenters. The van der Waals surface area contributed by atoms with Crippen LogP contribution in [-0.4, -0.2) is 46.5 Å². The fourth-order valence-corrected chi connectivity index (χ4v) is 4.21. The van der Waals surface area contributed by atoms with Crippen LogP contribution in [0.4, 0.5) is 0 Å². The van der Waals surface area contributed by atoms with Gasteiger partial charge in [-0.15, -0.1) is 0 Å². The molecule has 1 aliphatic carbocycles. The van der Waals surface area contributed by atoms with Crippen LogP contribution in [0, 0.1) is 5.92 Å². The van der Waals surface area contributed by atoms with E-state index in [-0.39, 0.29) is 17.3 Å². The molecule has 1 unspecified atom stereocenters. The summed E-state index contributed by atoms with van der Waals surface area (Å²) < 4.78 is 32.2. The molecule has 0 aromatic carbocycles. The maximum atomic E-state index is 12.0. The SMILES string of the molecule is COC1(CNS(=O)(=O)CC2CCCNC2)CCC1. The second kappa shape index (κ2) is 5.86. The van der Waals surface area contributed by atoms with Gasteiger partial charge in [-0.25, -0.2) is 13.1 Å². The molecule has 2 N–H and O–H groups in total. The molecule has 1 saturated heterocycles. The quantitative estimate of drug-likeness (QED) is 0.740. The fourth-order valence-electron chi connectivity index (χ4n) is 2.70. The third kappa shape index (κ3) is 3.66. The Balaban J connectivity index is 1.79. The molecule has 2 rings (SSSR count). The van der Waals surface area contributed by atoms with Gasteiger partial charge in [0.05, 0.1) is 11.4 Å². The van der Waals surface area contributed by atoms with E-state index in [0.29, 0.717) is 6.54 Å². The molecule has 0 aromatic rings. The number of methoxy groups -OCH3 is 1. The minimum Gasteiger partial charge on any atom is -0.377 e. The van der Waals surface area contributed by atoms with E-state index in [4.69, 9.17) is 4.74 Å². The van der Waals surface area contributed by atoms with Crippen LogP contribution in [0.2, 0.25) is 0 Å². The van der Waals surface area contributed by atoms with Crippen LogP contribution in [-0.2, 0) is 14.8 Å². The van der Waals surface area contributed by atoms with Crippen LogP contribution in [0.3, 0.4) is 0 Å². The molecule has 0 spiro atoms. The molecule has 0 radical (unpaired) electrons. The summed E-state index contributed by atoms with van der Waals surface area (Å²) in [5, 5.41) is 3.25. The minimum atomic E-state index is -3.17. The van der Waals surface area contributed by atoms with Crippen molar-refractivity contribution >= 4 is 10.0 Å². The molecule has 0 amide bonds. The second-order valence-corrected chi connectivity index (χ2v) is 7.41. The topological polar surface area (TPSA) is 67.4 Å². The van der Waals surface area contributed by atoms with Crippen LogP contribution in [0.15, 0.2) is 0 Å². The summed E-state index contributed by atoms with van der Waals surface area (Å²) in [5.74, 6) is 0.482. The highest BCUT2D eigenvalue weighted by Gasteiger charge is 2.38. The van der Waals surface area contributed by atoms with Crippen molar-refractivity contribution in [2.24, 2.45) is 5.92 Å². The molecule has 5 nitrogen and oxygen atoms in total. The number of sulfonamides is 1. The predicted octanol–water partition coefficient (Wildman–Crippen LogP) is 0.475. The van der Waals surface area contributed by atoms with Crippen molar-refractivity contribution in [2.45, 2.75) is 37.7 Å². The normalized spacial score (nSPS) is 27.7. The molecule has 6 heteroatoms. The molecular weight excluding hydrogens is 252 g/mol. The lowest BCUT2D eigenvalue weighted by Gasteiger charge is -2.40. The largest absolute Gasteiger partial charge is 0.377 e. The van der Waals surface area contributed by atoms with Crippen LogP contribution in [0.5, 0.6) is 0 Å². The first-order valence-corrected chi connectivity index (χ1v) is 8.44. The zero-order valence-electron chi connectivity index (χ0n) is 11.1.